The Morgan fingerprint density at radius 2 is 2.05 bits per heavy atom. The molecule has 0 radical (unpaired) electrons. The van der Waals surface area contributed by atoms with Gasteiger partial charge in [-0.1, -0.05) is 29.3 Å². The Morgan fingerprint density at radius 1 is 1.30 bits per heavy atom. The molecule has 2 nitrogen and oxygen atoms in total. The van der Waals surface area contributed by atoms with E-state index in [9.17, 15) is 5.11 Å². The third-order valence-corrected chi connectivity index (χ3v) is 5.85. The molecule has 3 atom stereocenters. The van der Waals surface area contributed by atoms with Gasteiger partial charge in [-0.25, -0.2) is 0 Å². The molecule has 0 bridgehead atoms. The molecular weight excluding hydrogens is 268 g/mol. The molecule has 1 aromatic carbocycles. The van der Waals surface area contributed by atoms with Crippen molar-refractivity contribution in [1.29, 1.82) is 0 Å². The molecule has 2 aliphatic heterocycles. The van der Waals surface area contributed by atoms with Gasteiger partial charge < -0.3 is 9.84 Å². The lowest BCUT2D eigenvalue weighted by Crippen LogP contribution is -2.41. The molecule has 3 heteroatoms. The quantitative estimate of drug-likeness (QED) is 0.902. The first-order chi connectivity index (χ1) is 9.58. The molecule has 1 spiro atoms. The third-order valence-electron chi connectivity index (χ3n) is 4.63. The lowest BCUT2D eigenvalue weighted by atomic mass is 9.80. The predicted molar refractivity (Wildman–Crippen MR) is 84.2 cm³/mol. The van der Waals surface area contributed by atoms with Crippen molar-refractivity contribution >= 4 is 11.8 Å². The SMILES string of the molecule is Cc1cc(C)cc(C(O)C2CCOC3(CCSC3)C2)c1. The summed E-state index contributed by atoms with van der Waals surface area (Å²) in [6, 6.07) is 6.42. The fourth-order valence-corrected chi connectivity index (χ4v) is 5.03. The number of hydrogen-bond acceptors (Lipinski definition) is 3. The molecule has 2 saturated heterocycles. The van der Waals surface area contributed by atoms with E-state index < -0.39 is 0 Å². The lowest BCUT2D eigenvalue weighted by molar-refractivity contribution is -0.102. The van der Waals surface area contributed by atoms with Crippen LogP contribution < -0.4 is 0 Å². The van der Waals surface area contributed by atoms with Crippen molar-refractivity contribution in [2.45, 2.75) is 44.8 Å². The second-order valence-electron chi connectivity index (χ2n) is 6.45. The van der Waals surface area contributed by atoms with Crippen LogP contribution >= 0.6 is 11.8 Å². The number of thioether (sulfide) groups is 1. The van der Waals surface area contributed by atoms with Gasteiger partial charge in [0.25, 0.3) is 0 Å². The molecule has 1 aromatic rings. The van der Waals surface area contributed by atoms with Gasteiger partial charge in [-0.3, -0.25) is 0 Å². The van der Waals surface area contributed by atoms with Crippen LogP contribution in [0.3, 0.4) is 0 Å². The highest BCUT2D eigenvalue weighted by Crippen LogP contribution is 2.44. The van der Waals surface area contributed by atoms with Gasteiger partial charge in [0.05, 0.1) is 11.7 Å². The largest absolute Gasteiger partial charge is 0.388 e. The Labute approximate surface area is 125 Å². The number of rotatable bonds is 2. The maximum atomic E-state index is 10.8. The molecule has 3 rings (SSSR count). The summed E-state index contributed by atoms with van der Waals surface area (Å²) in [7, 11) is 0. The van der Waals surface area contributed by atoms with E-state index in [4.69, 9.17) is 4.74 Å². The van der Waals surface area contributed by atoms with E-state index in [-0.39, 0.29) is 11.7 Å². The standard InChI is InChI=1S/C17H24O2S/c1-12-7-13(2)9-15(8-12)16(18)14-3-5-19-17(10-14)4-6-20-11-17/h7-9,14,16,18H,3-6,10-11H2,1-2H3. The van der Waals surface area contributed by atoms with Crippen LogP contribution in [0.5, 0.6) is 0 Å². The zero-order valence-electron chi connectivity index (χ0n) is 12.4. The van der Waals surface area contributed by atoms with Gasteiger partial charge in [-0.05, 0) is 50.3 Å². The van der Waals surface area contributed by atoms with Crippen LogP contribution in [0.15, 0.2) is 18.2 Å². The summed E-state index contributed by atoms with van der Waals surface area (Å²) in [6.07, 6.45) is 2.78. The van der Waals surface area contributed by atoms with Crippen LogP contribution in [0.1, 0.15) is 42.1 Å². The number of ether oxygens (including phenoxy) is 1. The Morgan fingerprint density at radius 3 is 2.70 bits per heavy atom. The fourth-order valence-electron chi connectivity index (χ4n) is 3.65. The molecule has 110 valence electrons. The Bertz CT molecular complexity index is 460. The van der Waals surface area contributed by atoms with Gasteiger partial charge in [0.15, 0.2) is 0 Å². The molecule has 2 aliphatic rings. The van der Waals surface area contributed by atoms with Crippen LogP contribution in [0, 0.1) is 19.8 Å². The fraction of sp³-hybridized carbons (Fsp3) is 0.647. The number of aryl methyl sites for hydroxylation is 2. The molecule has 2 heterocycles. The zero-order chi connectivity index (χ0) is 14.2. The summed E-state index contributed by atoms with van der Waals surface area (Å²) in [5, 5.41) is 10.8. The van der Waals surface area contributed by atoms with E-state index in [0.29, 0.717) is 5.92 Å². The first-order valence-electron chi connectivity index (χ1n) is 7.56. The van der Waals surface area contributed by atoms with E-state index in [1.165, 1.54) is 16.9 Å². The topological polar surface area (TPSA) is 29.5 Å². The Kier molecular flexibility index (Phi) is 4.11. The zero-order valence-corrected chi connectivity index (χ0v) is 13.2. The highest BCUT2D eigenvalue weighted by Gasteiger charge is 2.42. The van der Waals surface area contributed by atoms with E-state index >= 15 is 0 Å². The highest BCUT2D eigenvalue weighted by molar-refractivity contribution is 7.99. The summed E-state index contributed by atoms with van der Waals surface area (Å²) < 4.78 is 6.06. The summed E-state index contributed by atoms with van der Waals surface area (Å²) in [5.74, 6) is 2.64. The molecule has 1 N–H and O–H groups in total. The van der Waals surface area contributed by atoms with Crippen molar-refractivity contribution in [1.82, 2.24) is 0 Å². The molecular formula is C17H24O2S. The van der Waals surface area contributed by atoms with Crippen molar-refractivity contribution < 1.29 is 9.84 Å². The van der Waals surface area contributed by atoms with Gasteiger partial charge in [0, 0.05) is 12.4 Å². The molecule has 3 unspecified atom stereocenters. The van der Waals surface area contributed by atoms with Gasteiger partial charge in [0.2, 0.25) is 0 Å². The third kappa shape index (κ3) is 2.90. The van der Waals surface area contributed by atoms with E-state index in [0.717, 1.165) is 37.2 Å². The summed E-state index contributed by atoms with van der Waals surface area (Å²) in [6.45, 7) is 5.00. The second-order valence-corrected chi connectivity index (χ2v) is 7.56. The molecule has 0 saturated carbocycles. The van der Waals surface area contributed by atoms with E-state index in [1.807, 2.05) is 11.8 Å². The maximum Gasteiger partial charge on any atom is 0.0820 e. The van der Waals surface area contributed by atoms with Gasteiger partial charge in [-0.15, -0.1) is 0 Å². The number of aliphatic hydroxyl groups is 1. The van der Waals surface area contributed by atoms with E-state index in [1.54, 1.807) is 0 Å². The van der Waals surface area contributed by atoms with Crippen LogP contribution in [-0.2, 0) is 4.74 Å². The van der Waals surface area contributed by atoms with Crippen LogP contribution in [0.4, 0.5) is 0 Å². The van der Waals surface area contributed by atoms with Crippen molar-refractivity contribution in [3.63, 3.8) is 0 Å². The van der Waals surface area contributed by atoms with Gasteiger partial charge in [0.1, 0.15) is 0 Å². The van der Waals surface area contributed by atoms with Crippen molar-refractivity contribution in [2.75, 3.05) is 18.1 Å². The van der Waals surface area contributed by atoms with Gasteiger partial charge >= 0.3 is 0 Å². The summed E-state index contributed by atoms with van der Waals surface area (Å²) >= 11 is 1.99. The molecule has 0 aliphatic carbocycles. The molecule has 0 amide bonds. The first-order valence-corrected chi connectivity index (χ1v) is 8.71. The highest BCUT2D eigenvalue weighted by atomic mass is 32.2. The first kappa shape index (κ1) is 14.4. The summed E-state index contributed by atoms with van der Waals surface area (Å²) in [5.41, 5.74) is 3.60. The smallest absolute Gasteiger partial charge is 0.0820 e. The molecule has 2 fully saturated rings. The average Bonchev–Trinajstić information content (AvgIpc) is 2.85. The summed E-state index contributed by atoms with van der Waals surface area (Å²) in [4.78, 5) is 0. The second kappa shape index (κ2) is 5.70. The van der Waals surface area contributed by atoms with Crippen molar-refractivity contribution in [3.05, 3.63) is 34.9 Å². The molecule has 0 aromatic heterocycles. The normalized spacial score (nSPS) is 31.6. The maximum absolute atomic E-state index is 10.8. The van der Waals surface area contributed by atoms with Crippen molar-refractivity contribution in [3.8, 4) is 0 Å². The van der Waals surface area contributed by atoms with Crippen LogP contribution in [-0.4, -0.2) is 28.8 Å². The Hall–Kier alpha value is -0.510. The minimum absolute atomic E-state index is 0.0490. The average molecular weight is 292 g/mol. The number of hydrogen-bond donors (Lipinski definition) is 1. The van der Waals surface area contributed by atoms with Crippen LogP contribution in [0.25, 0.3) is 0 Å². The van der Waals surface area contributed by atoms with E-state index in [2.05, 4.69) is 32.0 Å². The predicted octanol–water partition coefficient (Wildman–Crippen LogP) is 3.64. The Balaban J connectivity index is 1.77. The minimum atomic E-state index is -0.347. The van der Waals surface area contributed by atoms with Crippen LogP contribution in [0.2, 0.25) is 0 Å². The lowest BCUT2D eigenvalue weighted by Gasteiger charge is -2.39. The van der Waals surface area contributed by atoms with Crippen molar-refractivity contribution in [2.24, 2.45) is 5.92 Å². The minimum Gasteiger partial charge on any atom is -0.388 e. The van der Waals surface area contributed by atoms with Gasteiger partial charge in [-0.2, -0.15) is 11.8 Å². The number of aliphatic hydroxyl groups excluding tert-OH is 1. The molecule has 20 heavy (non-hydrogen) atoms. The monoisotopic (exact) mass is 292 g/mol. The number of benzene rings is 1.